The van der Waals surface area contributed by atoms with Crippen molar-refractivity contribution in [3.05, 3.63) is 24.0 Å². The van der Waals surface area contributed by atoms with Crippen LogP contribution in [-0.2, 0) is 66.5 Å². The molecule has 3 saturated carbocycles. The van der Waals surface area contributed by atoms with Crippen LogP contribution in [0.3, 0.4) is 0 Å². The Bertz CT molecular complexity index is 1680. The molecular weight excluding hydrogens is 684 g/mol. The molecule has 15 heteroatoms. The summed E-state index contributed by atoms with van der Waals surface area (Å²) in [7, 11) is 2.56. The van der Waals surface area contributed by atoms with Crippen LogP contribution >= 0.6 is 0 Å². The van der Waals surface area contributed by atoms with Gasteiger partial charge < -0.3 is 52.5 Å². The van der Waals surface area contributed by atoms with Crippen LogP contribution in [0.4, 0.5) is 0 Å². The Morgan fingerprint density at radius 2 is 1.69 bits per heavy atom. The zero-order valence-electron chi connectivity index (χ0n) is 30.9. The third-order valence-electron chi connectivity index (χ3n) is 14.6. The Morgan fingerprint density at radius 1 is 0.962 bits per heavy atom. The van der Waals surface area contributed by atoms with Crippen molar-refractivity contribution < 1.29 is 71.7 Å². The molecule has 4 saturated heterocycles. The van der Waals surface area contributed by atoms with Crippen molar-refractivity contribution in [2.75, 3.05) is 27.4 Å². The van der Waals surface area contributed by atoms with Gasteiger partial charge in [-0.25, -0.2) is 9.59 Å². The van der Waals surface area contributed by atoms with Gasteiger partial charge in [0.25, 0.3) is 5.79 Å². The average molecular weight is 733 g/mol. The van der Waals surface area contributed by atoms with Gasteiger partial charge in [0.1, 0.15) is 23.4 Å². The molecule has 3 aliphatic carbocycles. The fourth-order valence-corrected chi connectivity index (χ4v) is 12.7. The summed E-state index contributed by atoms with van der Waals surface area (Å²) in [5.74, 6) is -7.17. The molecule has 0 aromatic carbocycles. The first kappa shape index (κ1) is 35.9. The number of esters is 4. The van der Waals surface area contributed by atoms with E-state index in [1.54, 1.807) is 32.9 Å². The van der Waals surface area contributed by atoms with Crippen molar-refractivity contribution in [2.24, 2.45) is 34.0 Å². The maximum atomic E-state index is 14.3. The van der Waals surface area contributed by atoms with Crippen molar-refractivity contribution in [3.63, 3.8) is 0 Å². The lowest BCUT2D eigenvalue weighted by Crippen LogP contribution is -2.78. The third kappa shape index (κ3) is 3.77. The molecule has 2 bridgehead atoms. The van der Waals surface area contributed by atoms with Crippen molar-refractivity contribution in [1.82, 2.24) is 0 Å². The molecule has 0 radical (unpaired) electrons. The molecule has 5 aliphatic heterocycles. The number of aliphatic hydroxyl groups is 1. The molecule has 8 rings (SSSR count). The highest BCUT2D eigenvalue weighted by Gasteiger charge is 2.94. The van der Waals surface area contributed by atoms with E-state index in [9.17, 15) is 24.3 Å². The molecule has 5 heterocycles. The summed E-state index contributed by atoms with van der Waals surface area (Å²) in [5.41, 5.74) is -8.33. The number of ether oxygens (including phenoxy) is 10. The van der Waals surface area contributed by atoms with Crippen molar-refractivity contribution in [1.29, 1.82) is 0 Å². The molecule has 0 aromatic rings. The zero-order chi connectivity index (χ0) is 37.6. The SMILES string of the molecule is CC=C(C)C(=O)OC1CC(OC(C)=O)C2(C)COC3C2C12COC(OC)(C(=O)OC)C2C1(C)C3OC2(C)C3CC(OC4OC=CC43OC(C)=O)C21O. The molecule has 286 valence electrons. The van der Waals surface area contributed by atoms with Gasteiger partial charge in [-0.15, -0.1) is 0 Å². The van der Waals surface area contributed by atoms with Crippen molar-refractivity contribution >= 4 is 23.9 Å². The molecule has 16 unspecified atom stereocenters. The number of allylic oxidation sites excluding steroid dienone is 1. The topological polar surface area (TPSA) is 181 Å². The predicted octanol–water partition coefficient (Wildman–Crippen LogP) is 1.87. The van der Waals surface area contributed by atoms with E-state index in [1.807, 2.05) is 13.8 Å². The Morgan fingerprint density at radius 3 is 2.33 bits per heavy atom. The van der Waals surface area contributed by atoms with Crippen LogP contribution in [0.5, 0.6) is 0 Å². The van der Waals surface area contributed by atoms with Gasteiger partial charge in [0.2, 0.25) is 11.9 Å². The summed E-state index contributed by atoms with van der Waals surface area (Å²) in [6.07, 6.45) is -0.704. The first-order valence-corrected chi connectivity index (χ1v) is 17.9. The zero-order valence-corrected chi connectivity index (χ0v) is 30.9. The number of rotatable bonds is 6. The molecule has 15 nitrogen and oxygen atoms in total. The molecule has 7 fully saturated rings. The minimum atomic E-state index is -2.15. The standard InChI is InChI=1S/C37H48O15/c1-10-17(2)27(40)49-22-14-21(48-18(3)38)31(5)15-46-24-25(31)34(22)16-47-36(44-9,29(41)43-8)28(34)32(6)26(24)52-33(7)20-13-23(37(32,33)42)50-30-35(20,11-12-45-30)51-19(4)39/h10-12,20-26,28,30,42H,13-16H2,1-9H3. The van der Waals surface area contributed by atoms with Gasteiger partial charge in [0, 0.05) is 73.0 Å². The lowest BCUT2D eigenvalue weighted by molar-refractivity contribution is -0.318. The summed E-state index contributed by atoms with van der Waals surface area (Å²) >= 11 is 0. The van der Waals surface area contributed by atoms with Gasteiger partial charge in [0.05, 0.1) is 44.9 Å². The molecule has 0 amide bonds. The maximum Gasteiger partial charge on any atom is 0.366 e. The molecule has 1 spiro atoms. The Balaban J connectivity index is 1.40. The fourth-order valence-electron chi connectivity index (χ4n) is 12.7. The monoisotopic (exact) mass is 732 g/mol. The highest BCUT2D eigenvalue weighted by Crippen LogP contribution is 2.81. The normalized spacial score (nSPS) is 53.1. The highest BCUT2D eigenvalue weighted by molar-refractivity contribution is 5.88. The second-order valence-electron chi connectivity index (χ2n) is 16.5. The van der Waals surface area contributed by atoms with Gasteiger partial charge >= 0.3 is 23.9 Å². The second kappa shape index (κ2) is 11.0. The summed E-state index contributed by atoms with van der Waals surface area (Å²) in [5, 5.41) is 13.8. The fraction of sp³-hybridized carbons (Fsp3) is 0.784. The van der Waals surface area contributed by atoms with Crippen LogP contribution < -0.4 is 0 Å². The summed E-state index contributed by atoms with van der Waals surface area (Å²) in [4.78, 5) is 53.3. The average Bonchev–Trinajstić information content (AvgIpc) is 3.86. The quantitative estimate of drug-likeness (QED) is 0.237. The Labute approximate surface area is 301 Å². The van der Waals surface area contributed by atoms with E-state index in [4.69, 9.17) is 47.4 Å². The first-order chi connectivity index (χ1) is 24.4. The van der Waals surface area contributed by atoms with Crippen LogP contribution in [0.15, 0.2) is 24.0 Å². The lowest BCUT2D eigenvalue weighted by atomic mass is 9.37. The van der Waals surface area contributed by atoms with Gasteiger partial charge in [-0.3, -0.25) is 9.59 Å². The maximum absolute atomic E-state index is 14.3. The number of hydrogen-bond acceptors (Lipinski definition) is 15. The van der Waals surface area contributed by atoms with Crippen LogP contribution in [-0.4, -0.2) is 116 Å². The number of hydrogen-bond donors (Lipinski definition) is 1. The second-order valence-corrected chi connectivity index (χ2v) is 16.5. The molecular formula is C37H48O15. The highest BCUT2D eigenvalue weighted by atomic mass is 16.7. The van der Waals surface area contributed by atoms with Crippen molar-refractivity contribution in [2.45, 2.75) is 121 Å². The number of methoxy groups -OCH3 is 2. The van der Waals surface area contributed by atoms with E-state index in [1.165, 1.54) is 34.3 Å². The Hall–Kier alpha value is -3.08. The third-order valence-corrected chi connectivity index (χ3v) is 14.6. The minimum Gasteiger partial charge on any atom is -0.468 e. The van der Waals surface area contributed by atoms with Gasteiger partial charge in [0.15, 0.2) is 0 Å². The van der Waals surface area contributed by atoms with Crippen LogP contribution in [0.25, 0.3) is 0 Å². The van der Waals surface area contributed by atoms with E-state index in [0.29, 0.717) is 5.57 Å². The summed E-state index contributed by atoms with van der Waals surface area (Å²) < 4.78 is 63.1. The largest absolute Gasteiger partial charge is 0.468 e. The molecule has 1 N–H and O–H groups in total. The van der Waals surface area contributed by atoms with E-state index in [2.05, 4.69) is 0 Å². The first-order valence-electron chi connectivity index (χ1n) is 17.9. The molecule has 0 aromatic heterocycles. The van der Waals surface area contributed by atoms with Crippen molar-refractivity contribution in [3.8, 4) is 0 Å². The van der Waals surface area contributed by atoms with E-state index in [0.717, 1.165) is 0 Å². The smallest absolute Gasteiger partial charge is 0.366 e. The van der Waals surface area contributed by atoms with E-state index < -0.39 is 117 Å². The van der Waals surface area contributed by atoms with Crippen LogP contribution in [0, 0.1) is 34.0 Å². The summed E-state index contributed by atoms with van der Waals surface area (Å²) in [6, 6.07) is 0. The number of carbonyl (C=O) groups is 4. The molecule has 8 aliphatic rings. The van der Waals surface area contributed by atoms with Crippen LogP contribution in [0.2, 0.25) is 0 Å². The van der Waals surface area contributed by atoms with Gasteiger partial charge in [-0.05, 0) is 27.2 Å². The van der Waals surface area contributed by atoms with Gasteiger partial charge in [-0.2, -0.15) is 0 Å². The number of fused-ring (bicyclic) bond motifs is 11. The summed E-state index contributed by atoms with van der Waals surface area (Å²) in [6.45, 7) is 11.5. The van der Waals surface area contributed by atoms with E-state index >= 15 is 0 Å². The van der Waals surface area contributed by atoms with E-state index in [-0.39, 0.29) is 26.1 Å². The molecule has 52 heavy (non-hydrogen) atoms. The van der Waals surface area contributed by atoms with Gasteiger partial charge in [-0.1, -0.05) is 19.9 Å². The number of carbonyl (C=O) groups excluding carboxylic acids is 4. The Kier molecular flexibility index (Phi) is 7.60. The molecule has 16 atom stereocenters. The predicted molar refractivity (Wildman–Crippen MR) is 172 cm³/mol. The minimum absolute atomic E-state index is 0.0440. The van der Waals surface area contributed by atoms with Crippen LogP contribution in [0.1, 0.15) is 61.3 Å². The lowest BCUT2D eigenvalue weighted by Gasteiger charge is -2.66.